The van der Waals surface area contributed by atoms with Crippen molar-refractivity contribution in [2.75, 3.05) is 13.2 Å². The summed E-state index contributed by atoms with van der Waals surface area (Å²) in [4.78, 5) is 27.1. The van der Waals surface area contributed by atoms with Gasteiger partial charge in [-0.2, -0.15) is 17.5 Å². The van der Waals surface area contributed by atoms with Gasteiger partial charge in [0.2, 0.25) is 5.82 Å². The van der Waals surface area contributed by atoms with Crippen molar-refractivity contribution in [2.24, 2.45) is 9.98 Å². The van der Waals surface area contributed by atoms with Crippen LogP contribution in [0.2, 0.25) is 29.6 Å². The predicted octanol–water partition coefficient (Wildman–Crippen LogP) is 27.1. The Morgan fingerprint density at radius 1 is 0.375 bits per heavy atom. The molecule has 6 heterocycles. The number of hydrogen-bond donors (Lipinski definition) is 0. The summed E-state index contributed by atoms with van der Waals surface area (Å²) in [5.41, 5.74) is 7.71. The molecule has 0 unspecified atom stereocenters. The molecule has 558 valence electrons. The van der Waals surface area contributed by atoms with E-state index in [-0.39, 0.29) is 5.71 Å². The topological polar surface area (TPSA) is 94.7 Å². The average molecular weight is 1890 g/mol. The number of hydrogen-bond acceptors (Lipinski definition) is 14. The third-order valence-corrected chi connectivity index (χ3v) is 44.8. The number of fused-ring (bicyclic) bond motifs is 8. The second kappa shape index (κ2) is 36.3. The molecule has 2 aliphatic carbocycles. The molecular weight excluding hydrogens is 1810 g/mol. The molecule has 0 fully saturated rings. The molecule has 0 radical (unpaired) electrons. The number of aryl methyl sites for hydroxylation is 2. The Morgan fingerprint density at radius 3 is 1.15 bits per heavy atom. The van der Waals surface area contributed by atoms with E-state index in [1.807, 2.05) is 45.0 Å². The molecule has 10 aromatic rings. The molecule has 0 bridgehead atoms. The van der Waals surface area contributed by atoms with Crippen LogP contribution in [-0.2, 0) is 0 Å². The molecule has 0 saturated heterocycles. The summed E-state index contributed by atoms with van der Waals surface area (Å²) in [6.45, 7) is 13.8. The predicted molar refractivity (Wildman–Crippen MR) is 427 cm³/mol. The maximum absolute atomic E-state index is 14.8. The first-order valence-corrected chi connectivity index (χ1v) is 61.7. The van der Waals surface area contributed by atoms with Gasteiger partial charge >= 0.3 is 195 Å². The van der Waals surface area contributed by atoms with Crippen LogP contribution in [0, 0.1) is 85.9 Å². The van der Waals surface area contributed by atoms with E-state index in [0.717, 1.165) is 143 Å². The van der Waals surface area contributed by atoms with Gasteiger partial charge in [0.1, 0.15) is 39.3 Å². The van der Waals surface area contributed by atoms with E-state index >= 15 is 0 Å². The fourth-order valence-electron chi connectivity index (χ4n) is 12.6. The second-order valence-electron chi connectivity index (χ2n) is 28.4. The summed E-state index contributed by atoms with van der Waals surface area (Å²) in [5.74, 6) is -18.5. The van der Waals surface area contributed by atoms with Crippen LogP contribution >= 0.6 is 101 Å². The minimum absolute atomic E-state index is 0.157. The van der Waals surface area contributed by atoms with E-state index in [9.17, 15) is 43.9 Å². The molecule has 8 nitrogen and oxygen atoms in total. The van der Waals surface area contributed by atoms with E-state index < -0.39 is 106 Å². The van der Waals surface area contributed by atoms with Crippen molar-refractivity contribution in [1.82, 2.24) is 17.5 Å². The Labute approximate surface area is 651 Å². The van der Waals surface area contributed by atoms with Crippen molar-refractivity contribution < 1.29 is 53.4 Å². The van der Waals surface area contributed by atoms with Crippen LogP contribution in [0.15, 0.2) is 43.2 Å². The van der Waals surface area contributed by atoms with E-state index in [0.29, 0.717) is 23.4 Å². The minimum atomic E-state index is -2.46. The molecule has 0 atom stereocenters. The first-order valence-electron chi connectivity index (χ1n) is 35.4. The molecule has 12 rings (SSSR count). The number of aliphatic imine (C=N–C) groups is 2. The molecule has 0 saturated carbocycles. The number of nitrogens with zero attached hydrogens (tertiary/aromatic N) is 6. The normalized spacial score (nSPS) is 12.9. The van der Waals surface area contributed by atoms with Gasteiger partial charge in [-0.1, -0.05) is 129 Å². The summed E-state index contributed by atoms with van der Waals surface area (Å²) < 4.78 is 176. The number of unbranched alkanes of at least 4 members (excludes halogenated alkanes) is 18. The summed E-state index contributed by atoms with van der Waals surface area (Å²) in [7, 11) is 0. The number of halogens is 12. The van der Waals surface area contributed by atoms with Crippen LogP contribution in [0.25, 0.3) is 52.0 Å². The van der Waals surface area contributed by atoms with Gasteiger partial charge in [-0.25, -0.2) is 26.9 Å². The first-order chi connectivity index (χ1) is 49.5. The monoisotopic (exact) mass is 1890 g/mol. The van der Waals surface area contributed by atoms with Crippen molar-refractivity contribution in [1.29, 1.82) is 0 Å². The molecule has 6 aromatic heterocycles. The Bertz CT molecular complexity index is 4720. The quantitative estimate of drug-likeness (QED) is 0.0152. The maximum atomic E-state index is 14.8. The SMILES string of the molecule is CCCCCCCCCCCCOc1c(C)c(-c2cc3c(s2)-c2sc(C)cc2C3=Nc2c(F)c(F)c(F)c(F)c2F)c2nsnc2c1C.CCCCCCCCCCCCOc1c(C)c(Br)c2nsnc2c1Br.[CH3][Sn]([CH3])([CH3])[c]1cc2c(s1)-c1s[c]([Sn]([CH3])([CH3])[CH3])cc1C2=Nc1c(F)c(F)c(F)c(F)c1F. The molecule has 2 aliphatic rings. The number of thiophene rings is 4. The van der Waals surface area contributed by atoms with Gasteiger partial charge in [0.25, 0.3) is 0 Å². The number of benzene rings is 4. The number of ether oxygens (including phenoxy) is 2. The van der Waals surface area contributed by atoms with Crippen LogP contribution in [0.3, 0.4) is 0 Å². The van der Waals surface area contributed by atoms with Gasteiger partial charge in [-0.3, -0.25) is 0 Å². The molecule has 28 heteroatoms. The van der Waals surface area contributed by atoms with Crippen LogP contribution in [0.5, 0.6) is 11.5 Å². The van der Waals surface area contributed by atoms with Gasteiger partial charge in [-0.15, -0.1) is 22.7 Å². The molecule has 104 heavy (non-hydrogen) atoms. The fourth-order valence-corrected chi connectivity index (χ4v) is 30.4. The summed E-state index contributed by atoms with van der Waals surface area (Å²) in [6, 6.07) is 7.69. The molecule has 4 aromatic carbocycles. The molecule has 0 aliphatic heterocycles. The zero-order valence-corrected chi connectivity index (χ0v) is 74.1. The van der Waals surface area contributed by atoms with Crippen LogP contribution in [0.4, 0.5) is 55.3 Å². The van der Waals surface area contributed by atoms with Gasteiger partial charge in [0.05, 0.1) is 61.1 Å². The second-order valence-corrected chi connectivity index (χ2v) is 66.3. The van der Waals surface area contributed by atoms with Gasteiger partial charge in [-0.05, 0) is 84.5 Å². The Balaban J connectivity index is 0.000000179. The van der Waals surface area contributed by atoms with Crippen LogP contribution in [-0.4, -0.2) is 78.9 Å². The van der Waals surface area contributed by atoms with Crippen molar-refractivity contribution in [2.45, 2.75) is 200 Å². The van der Waals surface area contributed by atoms with Gasteiger partial charge in [0.15, 0.2) is 23.3 Å². The Kier molecular flexibility index (Phi) is 28.8. The first kappa shape index (κ1) is 82.6. The Morgan fingerprint density at radius 2 is 0.721 bits per heavy atom. The van der Waals surface area contributed by atoms with E-state index in [4.69, 9.17) is 9.47 Å². The molecule has 0 spiro atoms. The van der Waals surface area contributed by atoms with Gasteiger partial charge in [0, 0.05) is 43.1 Å². The summed E-state index contributed by atoms with van der Waals surface area (Å²) in [6.07, 6.45) is 25.7. The van der Waals surface area contributed by atoms with Crippen LogP contribution in [0.1, 0.15) is 186 Å². The standard InChI is InChI=1S/C36H36F5N3OS3.C19H28Br2N2OS.C15H2F5NS2.6CH3.2Sn/c1-5-6-7-8-9-10-11-12-13-14-15-45-34-19(3)24(32-30(20(34)4)43-48-44-32)23-17-22-31(21-16-18(2)46-35(21)36(22)47-23)42-33-28(40)26(38)25(37)27(39)29(33)41;1-3-4-5-6-7-8-9-10-11-12-13-24-19-14(2)15(20)17-18(16(19)21)23-25-22-17;16-7-8(17)10(19)13(11(20)9(7)18)21-12-5-1-3-22-14(5)15-6(12)2-4-23-15;;;;;;;;/h16-17H,5-15H2,1-4H3;3-13H2,1-2H3;1-2H;6*1H3;;. The van der Waals surface area contributed by atoms with Crippen molar-refractivity contribution in [3.05, 3.63) is 135 Å². The van der Waals surface area contributed by atoms with E-state index in [1.54, 1.807) is 22.7 Å². The Hall–Kier alpha value is -3.88. The molecule has 0 N–H and O–H groups in total. The van der Waals surface area contributed by atoms with Crippen molar-refractivity contribution in [3.63, 3.8) is 0 Å². The van der Waals surface area contributed by atoms with Gasteiger partial charge < -0.3 is 9.47 Å². The summed E-state index contributed by atoms with van der Waals surface area (Å²) >= 11 is 11.0. The third kappa shape index (κ3) is 18.1. The zero-order chi connectivity index (χ0) is 75.2. The summed E-state index contributed by atoms with van der Waals surface area (Å²) in [5, 5.41) is 0. The van der Waals surface area contributed by atoms with Crippen molar-refractivity contribution in [3.8, 4) is 41.4 Å². The molecular formula is C76H84Br2F10N6O2S6Sn2. The fraction of sp³-hybridized carbons (Fsp3) is 0.447. The molecule has 0 amide bonds. The van der Waals surface area contributed by atoms with Crippen LogP contribution < -0.4 is 15.3 Å². The zero-order valence-electron chi connectivity index (χ0n) is 60.4. The van der Waals surface area contributed by atoms with Crippen molar-refractivity contribution >= 4 is 188 Å². The van der Waals surface area contributed by atoms with E-state index in [1.165, 1.54) is 149 Å². The number of rotatable bonds is 29. The average Bonchev–Trinajstić information content (AvgIpc) is 1.57. The van der Waals surface area contributed by atoms with E-state index in [2.05, 4.69) is 110 Å². The third-order valence-electron chi connectivity index (χ3n) is 18.4. The number of aromatic nitrogens is 4.